The highest BCUT2D eigenvalue weighted by Gasteiger charge is 2.25. The molecule has 33 heavy (non-hydrogen) atoms. The molecule has 0 aliphatic rings. The lowest BCUT2D eigenvalue weighted by molar-refractivity contribution is -0.129. The van der Waals surface area contributed by atoms with Crippen molar-refractivity contribution >= 4 is 11.6 Å². The number of amides is 1. The predicted molar refractivity (Wildman–Crippen MR) is 135 cm³/mol. The van der Waals surface area contributed by atoms with E-state index in [2.05, 4.69) is 38.5 Å². The van der Waals surface area contributed by atoms with Crippen molar-refractivity contribution in [3.05, 3.63) is 54.1 Å². The maximum absolute atomic E-state index is 13.0. The Kier molecular flexibility index (Phi) is 11.1. The van der Waals surface area contributed by atoms with Gasteiger partial charge in [-0.25, -0.2) is 5.43 Å². The van der Waals surface area contributed by atoms with E-state index in [9.17, 15) is 9.90 Å². The van der Waals surface area contributed by atoms with Crippen molar-refractivity contribution in [3.8, 4) is 11.5 Å². The zero-order valence-corrected chi connectivity index (χ0v) is 20.8. The number of aromatic hydroxyl groups is 1. The quantitative estimate of drug-likeness (QED) is 0.240. The van der Waals surface area contributed by atoms with Crippen molar-refractivity contribution in [2.24, 2.45) is 0 Å². The molecule has 1 atom stereocenters. The van der Waals surface area contributed by atoms with Crippen molar-refractivity contribution in [2.75, 3.05) is 0 Å². The smallest absolute Gasteiger partial charge is 0.281 e. The molecule has 1 unspecified atom stereocenters. The fourth-order valence-electron chi connectivity index (χ4n) is 3.76. The minimum atomic E-state index is -0.650. The zero-order chi connectivity index (χ0) is 24.1. The average Bonchev–Trinajstić information content (AvgIpc) is 2.79. The first-order chi connectivity index (χ1) is 15.8. The monoisotopic (exact) mass is 453 g/mol. The Morgan fingerprint density at radius 1 is 0.970 bits per heavy atom. The molecule has 2 N–H and O–H groups in total. The number of hydrogen-bond acceptors (Lipinski definition) is 3. The van der Waals surface area contributed by atoms with Crippen LogP contribution in [0.1, 0.15) is 91.0 Å². The van der Waals surface area contributed by atoms with Crippen LogP contribution >= 0.6 is 0 Å². The number of carbonyl (C=O) groups excluding carboxylic acids is 1. The molecule has 5 nitrogen and oxygen atoms in total. The molecule has 0 saturated carbocycles. The van der Waals surface area contributed by atoms with Gasteiger partial charge in [-0.2, -0.15) is 5.43 Å². The van der Waals surface area contributed by atoms with Gasteiger partial charge in [0.2, 0.25) is 0 Å². The summed E-state index contributed by atoms with van der Waals surface area (Å²) in [5, 5.41) is 9.98. The predicted octanol–water partition coefficient (Wildman–Crippen LogP) is 6.94. The first-order valence-corrected chi connectivity index (χ1v) is 12.4. The molecule has 0 spiro atoms. The van der Waals surface area contributed by atoms with Crippen LogP contribution in [-0.4, -0.2) is 17.1 Å². The Morgan fingerprint density at radius 2 is 1.61 bits per heavy atom. The number of unbranched alkanes of at least 4 members (excludes halogenated alkanes) is 7. The van der Waals surface area contributed by atoms with Crippen LogP contribution in [0.3, 0.4) is 0 Å². The van der Waals surface area contributed by atoms with E-state index in [-0.39, 0.29) is 17.1 Å². The van der Waals surface area contributed by atoms with Crippen molar-refractivity contribution in [1.29, 1.82) is 0 Å². The molecule has 1 amide bonds. The normalized spacial score (nSPS) is 12.2. The lowest BCUT2D eigenvalue weighted by Gasteiger charge is -2.26. The fraction of sp³-hybridized carbons (Fsp3) is 0.536. The van der Waals surface area contributed by atoms with Crippen molar-refractivity contribution in [2.45, 2.75) is 97.0 Å². The van der Waals surface area contributed by atoms with Crippen molar-refractivity contribution in [1.82, 2.24) is 10.9 Å². The highest BCUT2D eigenvalue weighted by molar-refractivity contribution is 5.81. The second-order valence-corrected chi connectivity index (χ2v) is 9.72. The number of benzene rings is 2. The summed E-state index contributed by atoms with van der Waals surface area (Å²) in [7, 11) is 0. The van der Waals surface area contributed by atoms with Gasteiger partial charge in [-0.1, -0.05) is 90.8 Å². The lowest BCUT2D eigenvalue weighted by atomic mass is 9.86. The minimum absolute atomic E-state index is 0.190. The lowest BCUT2D eigenvalue weighted by Crippen LogP contribution is -2.41. The first-order valence-electron chi connectivity index (χ1n) is 12.4. The van der Waals surface area contributed by atoms with Crippen LogP contribution < -0.4 is 15.6 Å². The molecule has 0 fully saturated rings. The number of carbonyl (C=O) groups is 1. The van der Waals surface area contributed by atoms with E-state index in [4.69, 9.17) is 4.74 Å². The Bertz CT molecular complexity index is 831. The summed E-state index contributed by atoms with van der Waals surface area (Å²) in [6, 6.07) is 14.4. The van der Waals surface area contributed by atoms with Gasteiger partial charge < -0.3 is 9.84 Å². The Hall–Kier alpha value is -2.69. The number of phenolic OH excluding ortho intramolecular Hbond substituents is 1. The largest absolute Gasteiger partial charge is 0.508 e. The van der Waals surface area contributed by atoms with Gasteiger partial charge in [0.25, 0.3) is 5.91 Å². The van der Waals surface area contributed by atoms with Crippen LogP contribution in [0.4, 0.5) is 5.69 Å². The number of ether oxygens (including phenoxy) is 1. The SMILES string of the molecule is CCCCCCCCCCC(Oc1ccc(O)cc1C(C)(C)C)C(=O)N[N]c1ccccc1. The third-order valence-corrected chi connectivity index (χ3v) is 5.70. The maximum Gasteiger partial charge on any atom is 0.281 e. The van der Waals surface area contributed by atoms with Crippen molar-refractivity contribution < 1.29 is 14.6 Å². The topological polar surface area (TPSA) is 72.7 Å². The maximum atomic E-state index is 13.0. The number of para-hydroxylation sites is 1. The Labute approximate surface area is 199 Å². The minimum Gasteiger partial charge on any atom is -0.508 e. The van der Waals surface area contributed by atoms with Gasteiger partial charge in [0.1, 0.15) is 11.5 Å². The standard InChI is InChI=1S/C28H41N2O3/c1-5-6-7-8-9-10-11-15-18-26(27(32)30-29-22-16-13-12-14-17-22)33-25-20-19-23(31)21-24(25)28(2,3)4/h12-14,16-17,19-21,26,31H,5-11,15,18H2,1-4H3,(H,30,32). The number of hydrogen-bond donors (Lipinski definition) is 2. The number of rotatable bonds is 14. The van der Waals surface area contributed by atoms with Gasteiger partial charge in [0.15, 0.2) is 6.10 Å². The summed E-state index contributed by atoms with van der Waals surface area (Å²) in [4.78, 5) is 13.0. The first kappa shape index (κ1) is 26.6. The van der Waals surface area contributed by atoms with Crippen LogP contribution in [0.25, 0.3) is 0 Å². The molecule has 0 saturated heterocycles. The summed E-state index contributed by atoms with van der Waals surface area (Å²) >= 11 is 0. The molecule has 5 heteroatoms. The summed E-state index contributed by atoms with van der Waals surface area (Å²) < 4.78 is 6.25. The van der Waals surface area contributed by atoms with Crippen LogP contribution in [0, 0.1) is 0 Å². The van der Waals surface area contributed by atoms with Crippen LogP contribution in [0.2, 0.25) is 0 Å². The molecule has 2 aromatic rings. The number of nitrogens with zero attached hydrogens (tertiary/aromatic N) is 1. The van der Waals surface area contributed by atoms with E-state index in [0.717, 1.165) is 18.4 Å². The highest BCUT2D eigenvalue weighted by Crippen LogP contribution is 2.35. The summed E-state index contributed by atoms with van der Waals surface area (Å²) in [6.07, 6.45) is 9.55. The third kappa shape index (κ3) is 9.77. The summed E-state index contributed by atoms with van der Waals surface area (Å²) in [6.45, 7) is 8.42. The number of nitrogens with one attached hydrogen (secondary N) is 1. The molecular weight excluding hydrogens is 412 g/mol. The fourth-order valence-corrected chi connectivity index (χ4v) is 3.76. The second-order valence-electron chi connectivity index (χ2n) is 9.72. The Balaban J connectivity index is 2.01. The van der Waals surface area contributed by atoms with E-state index in [0.29, 0.717) is 17.9 Å². The van der Waals surface area contributed by atoms with E-state index < -0.39 is 6.10 Å². The molecule has 0 aromatic heterocycles. The highest BCUT2D eigenvalue weighted by atomic mass is 16.5. The molecule has 2 rings (SSSR count). The molecule has 0 aliphatic heterocycles. The second kappa shape index (κ2) is 13.8. The molecule has 0 bridgehead atoms. The van der Waals surface area contributed by atoms with Gasteiger partial charge in [0.05, 0.1) is 5.69 Å². The molecule has 2 aromatic carbocycles. The van der Waals surface area contributed by atoms with Gasteiger partial charge in [-0.05, 0) is 48.6 Å². The van der Waals surface area contributed by atoms with Crippen molar-refractivity contribution in [3.63, 3.8) is 0 Å². The summed E-state index contributed by atoms with van der Waals surface area (Å²) in [5.41, 5.74) is 8.23. The van der Waals surface area contributed by atoms with E-state index in [1.54, 1.807) is 18.2 Å². The van der Waals surface area contributed by atoms with Crippen LogP contribution in [0.5, 0.6) is 11.5 Å². The van der Waals surface area contributed by atoms with Gasteiger partial charge in [-0.3, -0.25) is 4.79 Å². The molecule has 1 radical (unpaired) electrons. The third-order valence-electron chi connectivity index (χ3n) is 5.70. The molecule has 181 valence electrons. The number of phenols is 1. The van der Waals surface area contributed by atoms with Gasteiger partial charge in [-0.15, -0.1) is 0 Å². The van der Waals surface area contributed by atoms with Gasteiger partial charge >= 0.3 is 0 Å². The Morgan fingerprint density at radius 3 is 2.24 bits per heavy atom. The molecule has 0 aliphatic carbocycles. The van der Waals surface area contributed by atoms with E-state index >= 15 is 0 Å². The van der Waals surface area contributed by atoms with E-state index in [1.165, 1.54) is 38.5 Å². The van der Waals surface area contributed by atoms with Crippen LogP contribution in [0.15, 0.2) is 48.5 Å². The zero-order valence-electron chi connectivity index (χ0n) is 20.8. The average molecular weight is 454 g/mol. The summed E-state index contributed by atoms with van der Waals surface area (Å²) in [5.74, 6) is 0.560. The molecule has 0 heterocycles. The molecular formula is C28H41N2O3. The van der Waals surface area contributed by atoms with E-state index in [1.807, 2.05) is 30.3 Å². The van der Waals surface area contributed by atoms with Gasteiger partial charge in [0, 0.05) is 5.56 Å². The van der Waals surface area contributed by atoms with Crippen LogP contribution in [-0.2, 0) is 10.2 Å².